The molecule has 1 aromatic carbocycles. The van der Waals surface area contributed by atoms with E-state index < -0.39 is 5.60 Å². The van der Waals surface area contributed by atoms with Crippen molar-refractivity contribution in [3.05, 3.63) is 35.4 Å². The molecule has 1 aliphatic rings. The molecule has 2 rings (SSSR count). The number of piperidine rings is 1. The fourth-order valence-electron chi connectivity index (χ4n) is 3.50. The van der Waals surface area contributed by atoms with Crippen LogP contribution in [0.25, 0.3) is 0 Å². The van der Waals surface area contributed by atoms with E-state index in [1.807, 2.05) is 55.9 Å². The molecular weight excluding hydrogens is 288 g/mol. The number of carbonyl (C=O) groups excluding carboxylic acids is 1. The first-order valence-electron chi connectivity index (χ1n) is 8.45. The van der Waals surface area contributed by atoms with Gasteiger partial charge in [-0.3, -0.25) is 9.69 Å². The topological polar surface area (TPSA) is 43.8 Å². The lowest BCUT2D eigenvalue weighted by molar-refractivity contribution is -0.139. The maximum atomic E-state index is 13.1. The summed E-state index contributed by atoms with van der Waals surface area (Å²) < 4.78 is 0. The van der Waals surface area contributed by atoms with Gasteiger partial charge >= 0.3 is 0 Å². The molecule has 23 heavy (non-hydrogen) atoms. The molecule has 0 aromatic heterocycles. The molecule has 1 N–H and O–H groups in total. The summed E-state index contributed by atoms with van der Waals surface area (Å²) in [5.41, 5.74) is 1.56. The second-order valence-electron chi connectivity index (χ2n) is 7.48. The van der Waals surface area contributed by atoms with E-state index in [2.05, 4.69) is 13.0 Å². The Hall–Kier alpha value is -1.39. The van der Waals surface area contributed by atoms with Gasteiger partial charge in [-0.1, -0.05) is 24.3 Å². The van der Waals surface area contributed by atoms with Crippen LogP contribution in [-0.2, 0) is 4.79 Å². The summed E-state index contributed by atoms with van der Waals surface area (Å²) in [7, 11) is 3.91. The van der Waals surface area contributed by atoms with E-state index in [9.17, 15) is 9.90 Å². The van der Waals surface area contributed by atoms with Crippen molar-refractivity contribution >= 4 is 5.91 Å². The molecule has 0 unspecified atom stereocenters. The van der Waals surface area contributed by atoms with Gasteiger partial charge in [0, 0.05) is 13.1 Å². The first-order valence-corrected chi connectivity index (χ1v) is 8.45. The molecule has 0 saturated carbocycles. The summed E-state index contributed by atoms with van der Waals surface area (Å²) in [6.07, 6.45) is 1.73. The molecule has 0 radical (unpaired) electrons. The third-order valence-electron chi connectivity index (χ3n) is 5.04. The lowest BCUT2D eigenvalue weighted by atomic mass is 9.83. The fourth-order valence-corrected chi connectivity index (χ4v) is 3.50. The maximum Gasteiger partial charge on any atom is 0.244 e. The summed E-state index contributed by atoms with van der Waals surface area (Å²) in [6.45, 7) is 7.24. The van der Waals surface area contributed by atoms with Crippen molar-refractivity contribution in [2.45, 2.75) is 45.3 Å². The molecule has 0 spiro atoms. The molecule has 1 heterocycles. The Kier molecular flexibility index (Phi) is 5.48. The van der Waals surface area contributed by atoms with Crippen LogP contribution in [0.3, 0.4) is 0 Å². The number of hydrogen-bond acceptors (Lipinski definition) is 3. The lowest BCUT2D eigenvalue weighted by Gasteiger charge is -2.40. The van der Waals surface area contributed by atoms with Crippen molar-refractivity contribution in [1.82, 2.24) is 9.80 Å². The molecule has 1 saturated heterocycles. The first kappa shape index (κ1) is 18.0. The van der Waals surface area contributed by atoms with Gasteiger partial charge in [-0.2, -0.15) is 0 Å². The second-order valence-corrected chi connectivity index (χ2v) is 7.48. The van der Waals surface area contributed by atoms with Gasteiger partial charge in [0.1, 0.15) is 6.04 Å². The molecule has 128 valence electrons. The van der Waals surface area contributed by atoms with Crippen molar-refractivity contribution in [2.75, 3.05) is 27.2 Å². The molecule has 1 amide bonds. The van der Waals surface area contributed by atoms with Crippen LogP contribution in [0, 0.1) is 12.8 Å². The minimum atomic E-state index is -0.661. The average molecular weight is 318 g/mol. The van der Waals surface area contributed by atoms with E-state index in [0.717, 1.165) is 37.1 Å². The molecule has 1 aromatic rings. The monoisotopic (exact) mass is 318 g/mol. The normalized spacial score (nSPS) is 18.3. The van der Waals surface area contributed by atoms with Crippen molar-refractivity contribution in [3.8, 4) is 0 Å². The van der Waals surface area contributed by atoms with Gasteiger partial charge in [0.25, 0.3) is 0 Å². The zero-order valence-electron chi connectivity index (χ0n) is 15.0. The summed E-state index contributed by atoms with van der Waals surface area (Å²) in [5, 5.41) is 10.2. The van der Waals surface area contributed by atoms with Crippen molar-refractivity contribution in [2.24, 2.45) is 5.92 Å². The molecule has 0 aliphatic carbocycles. The molecule has 0 bridgehead atoms. The zero-order valence-corrected chi connectivity index (χ0v) is 15.0. The summed E-state index contributed by atoms with van der Waals surface area (Å²) in [5.74, 6) is 0.432. The third-order valence-corrected chi connectivity index (χ3v) is 5.04. The van der Waals surface area contributed by atoms with Gasteiger partial charge in [-0.15, -0.1) is 0 Å². The molecular formula is C19H30N2O2. The smallest absolute Gasteiger partial charge is 0.244 e. The number of benzene rings is 1. The van der Waals surface area contributed by atoms with E-state index in [4.69, 9.17) is 0 Å². The molecule has 4 heteroatoms. The Morgan fingerprint density at radius 3 is 2.30 bits per heavy atom. The van der Waals surface area contributed by atoms with Gasteiger partial charge < -0.3 is 10.0 Å². The SMILES string of the molecule is Cc1ccccc1[C@H](C(=O)N1CCC(C(C)(C)O)CC1)N(C)C. The van der Waals surface area contributed by atoms with E-state index in [0.29, 0.717) is 0 Å². The fraction of sp³-hybridized carbons (Fsp3) is 0.632. The zero-order chi connectivity index (χ0) is 17.2. The van der Waals surface area contributed by atoms with Gasteiger partial charge in [0.2, 0.25) is 5.91 Å². The number of aliphatic hydroxyl groups is 1. The number of rotatable bonds is 4. The number of carbonyl (C=O) groups is 1. The number of likely N-dealkylation sites (tertiary alicyclic amines) is 1. The minimum Gasteiger partial charge on any atom is -0.390 e. The van der Waals surface area contributed by atoms with Crippen LogP contribution in [0.15, 0.2) is 24.3 Å². The van der Waals surface area contributed by atoms with E-state index >= 15 is 0 Å². The van der Waals surface area contributed by atoms with Crippen LogP contribution in [-0.4, -0.2) is 53.6 Å². The number of hydrogen-bond donors (Lipinski definition) is 1. The highest BCUT2D eigenvalue weighted by Gasteiger charge is 2.35. The molecule has 1 aliphatic heterocycles. The van der Waals surface area contributed by atoms with Crippen LogP contribution in [0.1, 0.15) is 43.9 Å². The largest absolute Gasteiger partial charge is 0.390 e. The highest BCUT2D eigenvalue weighted by molar-refractivity contribution is 5.83. The number of nitrogens with zero attached hydrogens (tertiary/aromatic N) is 2. The molecule has 1 fully saturated rings. The Morgan fingerprint density at radius 2 is 1.83 bits per heavy atom. The van der Waals surface area contributed by atoms with Gasteiger partial charge in [-0.05, 0) is 64.8 Å². The maximum absolute atomic E-state index is 13.1. The Balaban J connectivity index is 2.13. The van der Waals surface area contributed by atoms with Gasteiger partial charge in [0.15, 0.2) is 0 Å². The van der Waals surface area contributed by atoms with Crippen LogP contribution >= 0.6 is 0 Å². The summed E-state index contributed by atoms with van der Waals surface area (Å²) in [6, 6.07) is 7.85. The second kappa shape index (κ2) is 7.02. The number of amides is 1. The molecule has 1 atom stereocenters. The first-order chi connectivity index (χ1) is 10.7. The van der Waals surface area contributed by atoms with E-state index in [1.165, 1.54) is 0 Å². The Bertz CT molecular complexity index is 541. The van der Waals surface area contributed by atoms with Gasteiger partial charge in [0.05, 0.1) is 5.60 Å². The van der Waals surface area contributed by atoms with Crippen molar-refractivity contribution in [1.29, 1.82) is 0 Å². The van der Waals surface area contributed by atoms with E-state index in [1.54, 1.807) is 0 Å². The summed E-state index contributed by atoms with van der Waals surface area (Å²) in [4.78, 5) is 17.0. The van der Waals surface area contributed by atoms with Gasteiger partial charge in [-0.25, -0.2) is 0 Å². The minimum absolute atomic E-state index is 0.165. The van der Waals surface area contributed by atoms with Crippen LogP contribution in [0.5, 0.6) is 0 Å². The van der Waals surface area contributed by atoms with Crippen molar-refractivity contribution in [3.63, 3.8) is 0 Å². The molecule has 4 nitrogen and oxygen atoms in total. The Labute approximate surface area is 140 Å². The van der Waals surface area contributed by atoms with Crippen LogP contribution in [0.4, 0.5) is 0 Å². The average Bonchev–Trinajstić information content (AvgIpc) is 2.48. The van der Waals surface area contributed by atoms with Crippen molar-refractivity contribution < 1.29 is 9.90 Å². The standard InChI is InChI=1S/C19H30N2O2/c1-14-8-6-7-9-16(14)17(20(4)5)18(22)21-12-10-15(11-13-21)19(2,3)23/h6-9,15,17,23H,10-13H2,1-5H3/t17-/m1/s1. The number of likely N-dealkylation sites (N-methyl/N-ethyl adjacent to an activating group) is 1. The van der Waals surface area contributed by atoms with Crippen LogP contribution in [0.2, 0.25) is 0 Å². The quantitative estimate of drug-likeness (QED) is 0.928. The Morgan fingerprint density at radius 1 is 1.26 bits per heavy atom. The highest BCUT2D eigenvalue weighted by Crippen LogP contribution is 2.30. The summed E-state index contributed by atoms with van der Waals surface area (Å²) >= 11 is 0. The van der Waals surface area contributed by atoms with Crippen LogP contribution < -0.4 is 0 Å². The third kappa shape index (κ3) is 4.12. The lowest BCUT2D eigenvalue weighted by Crippen LogP contribution is -2.47. The van der Waals surface area contributed by atoms with E-state index in [-0.39, 0.29) is 17.9 Å². The predicted octanol–water partition coefficient (Wildman–Crippen LogP) is 2.61. The highest BCUT2D eigenvalue weighted by atomic mass is 16.3. The predicted molar refractivity (Wildman–Crippen MR) is 93.2 cm³/mol. The number of aryl methyl sites for hydroxylation is 1.